The first-order valence-electron chi connectivity index (χ1n) is 3.80. The average Bonchev–Trinajstić information content (AvgIpc) is 2.15. The van der Waals surface area contributed by atoms with Crippen LogP contribution in [0.15, 0.2) is 24.4 Å². The predicted octanol–water partition coefficient (Wildman–Crippen LogP) is 1.55. The normalized spacial score (nSPS) is 10.4. The van der Waals surface area contributed by atoms with Crippen LogP contribution in [0.2, 0.25) is 0 Å². The fraction of sp³-hybridized carbons (Fsp3) is 0. The van der Waals surface area contributed by atoms with Crippen LogP contribution in [0.3, 0.4) is 0 Å². The maximum Gasteiger partial charge on any atom is 0.311 e. The van der Waals surface area contributed by atoms with Crippen molar-refractivity contribution < 1.29 is 15.0 Å². The number of hydrogen-bond acceptors (Lipinski definition) is 5. The summed E-state index contributed by atoms with van der Waals surface area (Å²) in [6.45, 7) is 0. The van der Waals surface area contributed by atoms with E-state index in [1.165, 1.54) is 12.1 Å². The van der Waals surface area contributed by atoms with Crippen molar-refractivity contribution in [1.82, 2.24) is 0 Å². The van der Waals surface area contributed by atoms with Gasteiger partial charge in [-0.1, -0.05) is 12.1 Å². The van der Waals surface area contributed by atoms with Crippen molar-refractivity contribution in [2.24, 2.45) is 0 Å². The highest BCUT2D eigenvalue weighted by Gasteiger charge is 2.14. The molecule has 0 saturated heterocycles. The summed E-state index contributed by atoms with van der Waals surface area (Å²) in [4.78, 5) is 18.9. The molecule has 0 aromatic heterocycles. The molecule has 0 spiro atoms. The van der Waals surface area contributed by atoms with E-state index in [1.54, 1.807) is 0 Å². The first-order valence-corrected chi connectivity index (χ1v) is 3.80. The van der Waals surface area contributed by atoms with Crippen molar-refractivity contribution >= 4 is 11.8 Å². The summed E-state index contributed by atoms with van der Waals surface area (Å²) in [5.41, 5.74) is -0.457. The van der Waals surface area contributed by atoms with E-state index >= 15 is 0 Å². The summed E-state index contributed by atoms with van der Waals surface area (Å²) in [5.74, 6) is -0.583. The molecule has 0 aliphatic rings. The molecule has 15 heavy (non-hydrogen) atoms. The smallest absolute Gasteiger partial charge is 0.311 e. The lowest BCUT2D eigenvalue weighted by Gasteiger charge is -1.98. The monoisotopic (exact) mass is 210 g/mol. The van der Waals surface area contributed by atoms with Crippen molar-refractivity contribution in [1.29, 1.82) is 0 Å². The van der Waals surface area contributed by atoms with Gasteiger partial charge in [-0.15, -0.1) is 0 Å². The molecule has 1 aromatic rings. The van der Waals surface area contributed by atoms with Gasteiger partial charge in [0.15, 0.2) is 0 Å². The van der Waals surface area contributed by atoms with E-state index in [0.29, 0.717) is 6.20 Å². The Bertz CT molecular complexity index is 441. The Morgan fingerprint density at radius 2 is 1.93 bits per heavy atom. The second kappa shape index (κ2) is 4.18. The Morgan fingerprint density at radius 3 is 2.47 bits per heavy atom. The Labute approximate surface area is 83.6 Å². The van der Waals surface area contributed by atoms with Crippen molar-refractivity contribution in [3.8, 4) is 5.75 Å². The van der Waals surface area contributed by atoms with E-state index in [4.69, 9.17) is 0 Å². The minimum Gasteiger partial charge on any atom is -0.502 e. The lowest BCUT2D eigenvalue weighted by molar-refractivity contribution is -0.401. The molecule has 0 atom stereocenters. The number of phenols is 1. The van der Waals surface area contributed by atoms with Crippen LogP contribution in [-0.2, 0) is 0 Å². The Balaban J connectivity index is 3.15. The second-order valence-electron chi connectivity index (χ2n) is 2.57. The molecule has 1 rings (SSSR count). The highest BCUT2D eigenvalue weighted by molar-refractivity contribution is 5.63. The van der Waals surface area contributed by atoms with Gasteiger partial charge in [0.05, 0.1) is 9.85 Å². The number of benzene rings is 1. The maximum atomic E-state index is 10.4. The third-order valence-electron chi connectivity index (χ3n) is 1.62. The van der Waals surface area contributed by atoms with Crippen molar-refractivity contribution in [3.63, 3.8) is 0 Å². The molecular formula is C8H6N2O5. The fourth-order valence-electron chi connectivity index (χ4n) is 0.972. The zero-order valence-electron chi connectivity index (χ0n) is 7.36. The van der Waals surface area contributed by atoms with Gasteiger partial charge in [0, 0.05) is 17.7 Å². The molecule has 1 aromatic carbocycles. The molecule has 0 fully saturated rings. The van der Waals surface area contributed by atoms with E-state index in [9.17, 15) is 25.3 Å². The summed E-state index contributed by atoms with van der Waals surface area (Å²) in [6, 6.07) is 3.78. The van der Waals surface area contributed by atoms with Gasteiger partial charge in [-0.3, -0.25) is 20.2 Å². The largest absolute Gasteiger partial charge is 0.502 e. The molecule has 7 nitrogen and oxygen atoms in total. The lowest BCUT2D eigenvalue weighted by Crippen LogP contribution is -1.90. The summed E-state index contributed by atoms with van der Waals surface area (Å²) in [6.07, 6.45) is 1.58. The van der Waals surface area contributed by atoms with Gasteiger partial charge < -0.3 is 5.11 Å². The molecule has 0 aliphatic heterocycles. The molecule has 0 unspecified atom stereocenters. The number of nitrogens with zero attached hydrogens (tertiary/aromatic N) is 2. The molecule has 0 bridgehead atoms. The summed E-state index contributed by atoms with van der Waals surface area (Å²) < 4.78 is 0. The maximum absolute atomic E-state index is 10.4. The van der Waals surface area contributed by atoms with E-state index in [1.807, 2.05) is 0 Å². The quantitative estimate of drug-likeness (QED) is 0.601. The summed E-state index contributed by atoms with van der Waals surface area (Å²) in [7, 11) is 0. The van der Waals surface area contributed by atoms with Gasteiger partial charge in [-0.2, -0.15) is 0 Å². The predicted molar refractivity (Wildman–Crippen MR) is 50.8 cm³/mol. The van der Waals surface area contributed by atoms with Gasteiger partial charge in [0.25, 0.3) is 0 Å². The summed E-state index contributed by atoms with van der Waals surface area (Å²) >= 11 is 0. The number of aromatic hydroxyl groups is 1. The van der Waals surface area contributed by atoms with Gasteiger partial charge in [-0.25, -0.2) is 0 Å². The van der Waals surface area contributed by atoms with Crippen molar-refractivity contribution in [2.45, 2.75) is 0 Å². The third-order valence-corrected chi connectivity index (χ3v) is 1.62. The van der Waals surface area contributed by atoms with Gasteiger partial charge >= 0.3 is 5.69 Å². The van der Waals surface area contributed by atoms with Gasteiger partial charge in [0.1, 0.15) is 0 Å². The molecule has 78 valence electrons. The molecule has 0 aliphatic carbocycles. The Morgan fingerprint density at radius 1 is 1.27 bits per heavy atom. The zero-order valence-corrected chi connectivity index (χ0v) is 7.36. The first-order chi connectivity index (χ1) is 7.02. The fourth-order valence-corrected chi connectivity index (χ4v) is 0.972. The molecule has 0 saturated carbocycles. The zero-order chi connectivity index (χ0) is 11.4. The van der Waals surface area contributed by atoms with Gasteiger partial charge in [0.2, 0.25) is 11.9 Å². The number of nitro benzene ring substituents is 1. The first kappa shape index (κ1) is 10.6. The van der Waals surface area contributed by atoms with Crippen LogP contribution in [0, 0.1) is 20.2 Å². The minimum atomic E-state index is -0.765. The van der Waals surface area contributed by atoms with Crippen LogP contribution in [-0.4, -0.2) is 15.0 Å². The van der Waals surface area contributed by atoms with E-state index in [0.717, 1.165) is 12.1 Å². The second-order valence-corrected chi connectivity index (χ2v) is 2.57. The minimum absolute atomic E-state index is 0.0286. The van der Waals surface area contributed by atoms with Crippen LogP contribution >= 0.6 is 0 Å². The Hall–Kier alpha value is -2.44. The van der Waals surface area contributed by atoms with Gasteiger partial charge in [-0.05, 0) is 0 Å². The number of phenolic OH excluding ortho intramolecular Hbond substituents is 1. The lowest BCUT2D eigenvalue weighted by atomic mass is 10.1. The van der Waals surface area contributed by atoms with Crippen LogP contribution in [0.4, 0.5) is 5.69 Å². The highest BCUT2D eigenvalue weighted by Crippen LogP contribution is 2.29. The molecular weight excluding hydrogens is 204 g/mol. The molecule has 0 radical (unpaired) electrons. The van der Waals surface area contributed by atoms with Crippen LogP contribution in [0.25, 0.3) is 6.08 Å². The average molecular weight is 210 g/mol. The number of rotatable bonds is 3. The van der Waals surface area contributed by atoms with E-state index < -0.39 is 21.3 Å². The van der Waals surface area contributed by atoms with Crippen molar-refractivity contribution in [2.75, 3.05) is 0 Å². The van der Waals surface area contributed by atoms with Crippen LogP contribution in [0.5, 0.6) is 5.75 Å². The van der Waals surface area contributed by atoms with E-state index in [2.05, 4.69) is 0 Å². The Kier molecular flexibility index (Phi) is 2.97. The third kappa shape index (κ3) is 2.50. The number of para-hydroxylation sites is 1. The van der Waals surface area contributed by atoms with Crippen LogP contribution < -0.4 is 0 Å². The van der Waals surface area contributed by atoms with Crippen LogP contribution in [0.1, 0.15) is 5.56 Å². The standard InChI is InChI=1S/C8H6N2O5/c11-8-6(4-5-9(12)13)2-1-3-7(8)10(14)15/h1-5,11H/b5-4+. The SMILES string of the molecule is O=[N+]([O-])/C=C/c1cccc([N+](=O)[O-])c1O. The topological polar surface area (TPSA) is 107 Å². The number of nitro groups is 2. The molecule has 1 N–H and O–H groups in total. The molecule has 0 heterocycles. The van der Waals surface area contributed by atoms with Crippen molar-refractivity contribution in [3.05, 3.63) is 50.2 Å². The molecule has 7 heteroatoms. The number of hydrogen-bond donors (Lipinski definition) is 1. The highest BCUT2D eigenvalue weighted by atomic mass is 16.6. The van der Waals surface area contributed by atoms with E-state index in [-0.39, 0.29) is 5.56 Å². The molecule has 0 amide bonds. The summed E-state index contributed by atoms with van der Waals surface area (Å²) in [5, 5.41) is 29.8.